The van der Waals surface area contributed by atoms with Gasteiger partial charge in [-0.3, -0.25) is 4.79 Å². The summed E-state index contributed by atoms with van der Waals surface area (Å²) in [5.41, 5.74) is 1.84. The maximum absolute atomic E-state index is 13.0. The van der Waals surface area contributed by atoms with Gasteiger partial charge in [0.1, 0.15) is 5.75 Å². The van der Waals surface area contributed by atoms with Crippen LogP contribution in [-0.2, 0) is 16.0 Å². The van der Waals surface area contributed by atoms with Crippen molar-refractivity contribution in [2.24, 2.45) is 5.92 Å². The molecule has 162 valence electrons. The fourth-order valence-corrected chi connectivity index (χ4v) is 3.98. The van der Waals surface area contributed by atoms with Crippen LogP contribution in [0.4, 0.5) is 0 Å². The first kappa shape index (κ1) is 21.1. The molecule has 1 fully saturated rings. The number of hydrogen-bond donors (Lipinski definition) is 0. The average molecular weight is 421 g/mol. The Balaban J connectivity index is 1.45. The van der Waals surface area contributed by atoms with Gasteiger partial charge in [-0.05, 0) is 36.8 Å². The van der Waals surface area contributed by atoms with Gasteiger partial charge in [0.25, 0.3) is 0 Å². The van der Waals surface area contributed by atoms with Crippen molar-refractivity contribution in [2.75, 3.05) is 33.4 Å². The van der Waals surface area contributed by atoms with Crippen LogP contribution in [0.15, 0.2) is 59.0 Å². The summed E-state index contributed by atoms with van der Waals surface area (Å²) in [5, 5.41) is 8.50. The molecular weight excluding hydrogens is 394 g/mol. The fraction of sp³-hybridized carbons (Fsp3) is 0.375. The minimum absolute atomic E-state index is 0.0470. The highest BCUT2D eigenvalue weighted by molar-refractivity contribution is 5.79. The van der Waals surface area contributed by atoms with Gasteiger partial charge in [0.15, 0.2) is 0 Å². The Morgan fingerprint density at radius 1 is 1.10 bits per heavy atom. The molecule has 2 unspecified atom stereocenters. The van der Waals surface area contributed by atoms with Crippen LogP contribution < -0.4 is 4.74 Å². The van der Waals surface area contributed by atoms with Gasteiger partial charge in [-0.1, -0.05) is 30.3 Å². The third kappa shape index (κ3) is 4.94. The Bertz CT molecular complexity index is 988. The van der Waals surface area contributed by atoms with E-state index in [1.165, 1.54) is 0 Å². The molecule has 0 saturated carbocycles. The summed E-state index contributed by atoms with van der Waals surface area (Å²) >= 11 is 0. The third-order valence-corrected chi connectivity index (χ3v) is 5.54. The van der Waals surface area contributed by atoms with Crippen molar-refractivity contribution < 1.29 is 18.7 Å². The second kappa shape index (κ2) is 9.75. The molecular formula is C24H27N3O4. The Morgan fingerprint density at radius 3 is 2.58 bits per heavy atom. The molecule has 2 atom stereocenters. The molecule has 0 bridgehead atoms. The number of benzene rings is 2. The van der Waals surface area contributed by atoms with Crippen LogP contribution in [0.25, 0.3) is 11.5 Å². The number of aromatic nitrogens is 2. The van der Waals surface area contributed by atoms with E-state index >= 15 is 0 Å². The van der Waals surface area contributed by atoms with Gasteiger partial charge >= 0.3 is 0 Å². The maximum atomic E-state index is 13.0. The number of hydrogen-bond acceptors (Lipinski definition) is 6. The number of amides is 1. The van der Waals surface area contributed by atoms with Crippen LogP contribution in [0, 0.1) is 5.92 Å². The average Bonchev–Trinajstić information content (AvgIpc) is 3.44. The minimum atomic E-state index is -0.0470. The third-order valence-electron chi connectivity index (χ3n) is 5.54. The fourth-order valence-electron chi connectivity index (χ4n) is 3.98. The molecule has 0 radical (unpaired) electrons. The topological polar surface area (TPSA) is 77.7 Å². The molecule has 1 aromatic heterocycles. The Morgan fingerprint density at radius 2 is 1.87 bits per heavy atom. The summed E-state index contributed by atoms with van der Waals surface area (Å²) in [6.45, 7) is 4.25. The van der Waals surface area contributed by atoms with E-state index in [0.717, 1.165) is 16.9 Å². The first-order valence-electron chi connectivity index (χ1n) is 10.5. The summed E-state index contributed by atoms with van der Waals surface area (Å²) in [7, 11) is 1.67. The first-order chi connectivity index (χ1) is 15.2. The van der Waals surface area contributed by atoms with Gasteiger partial charge in [-0.2, -0.15) is 0 Å². The maximum Gasteiger partial charge on any atom is 0.247 e. The number of rotatable bonds is 8. The molecule has 1 amide bonds. The van der Waals surface area contributed by atoms with Crippen molar-refractivity contribution in [2.45, 2.75) is 19.3 Å². The zero-order chi connectivity index (χ0) is 21.6. The van der Waals surface area contributed by atoms with Gasteiger partial charge in [-0.15, -0.1) is 10.2 Å². The van der Waals surface area contributed by atoms with E-state index in [1.807, 2.05) is 66.4 Å². The van der Waals surface area contributed by atoms with Crippen LogP contribution in [0.1, 0.15) is 24.3 Å². The van der Waals surface area contributed by atoms with Gasteiger partial charge < -0.3 is 18.8 Å². The van der Waals surface area contributed by atoms with Crippen LogP contribution in [0.3, 0.4) is 0 Å². The van der Waals surface area contributed by atoms with E-state index < -0.39 is 0 Å². The second-order valence-corrected chi connectivity index (χ2v) is 7.69. The molecule has 0 aliphatic carbocycles. The Hall–Kier alpha value is -3.19. The lowest BCUT2D eigenvalue weighted by Crippen LogP contribution is -2.30. The van der Waals surface area contributed by atoms with E-state index in [2.05, 4.69) is 10.2 Å². The van der Waals surface area contributed by atoms with Crippen LogP contribution >= 0.6 is 0 Å². The van der Waals surface area contributed by atoms with Crippen molar-refractivity contribution in [1.29, 1.82) is 0 Å². The van der Waals surface area contributed by atoms with Gasteiger partial charge in [0.05, 0.1) is 25.6 Å². The highest BCUT2D eigenvalue weighted by Crippen LogP contribution is 2.34. The van der Waals surface area contributed by atoms with Gasteiger partial charge in [-0.25, -0.2) is 0 Å². The lowest BCUT2D eigenvalue weighted by atomic mass is 9.97. The van der Waals surface area contributed by atoms with Crippen LogP contribution in [0.5, 0.6) is 5.75 Å². The SMILES string of the molecule is CCOc1ccc(CC(=O)N2CC(COC)C(c3nnc(-c4ccccc4)o3)C2)cc1. The number of carbonyl (C=O) groups is 1. The molecule has 3 aromatic rings. The summed E-state index contributed by atoms with van der Waals surface area (Å²) in [4.78, 5) is 14.8. The number of ether oxygens (including phenoxy) is 2. The molecule has 2 aromatic carbocycles. The molecule has 0 spiro atoms. The Kier molecular flexibility index (Phi) is 6.62. The zero-order valence-corrected chi connectivity index (χ0v) is 17.9. The minimum Gasteiger partial charge on any atom is -0.494 e. The molecule has 7 nitrogen and oxygen atoms in total. The van der Waals surface area contributed by atoms with Gasteiger partial charge in [0.2, 0.25) is 17.7 Å². The normalized spacial score (nSPS) is 18.3. The van der Waals surface area contributed by atoms with Crippen molar-refractivity contribution in [3.8, 4) is 17.2 Å². The van der Waals surface area contributed by atoms with Crippen LogP contribution in [0.2, 0.25) is 0 Å². The number of nitrogens with zero attached hydrogens (tertiary/aromatic N) is 3. The van der Waals surface area contributed by atoms with Crippen molar-refractivity contribution in [1.82, 2.24) is 15.1 Å². The standard InChI is InChI=1S/C24H27N3O4/c1-3-30-20-11-9-17(10-12-20)13-22(28)27-14-19(16-29-2)21(15-27)24-26-25-23(31-24)18-7-5-4-6-8-18/h4-12,19,21H,3,13-16H2,1-2H3. The molecule has 7 heteroatoms. The molecule has 1 saturated heterocycles. The molecule has 1 aliphatic heterocycles. The summed E-state index contributed by atoms with van der Waals surface area (Å²) < 4.78 is 16.9. The predicted octanol–water partition coefficient (Wildman–Crippen LogP) is 3.57. The van der Waals surface area contributed by atoms with Gasteiger partial charge in [0, 0.05) is 31.7 Å². The predicted molar refractivity (Wildman–Crippen MR) is 116 cm³/mol. The van der Waals surface area contributed by atoms with E-state index in [-0.39, 0.29) is 17.7 Å². The highest BCUT2D eigenvalue weighted by Gasteiger charge is 2.39. The number of methoxy groups -OCH3 is 1. The van der Waals surface area contributed by atoms with Crippen molar-refractivity contribution in [3.05, 3.63) is 66.1 Å². The summed E-state index contributed by atoms with van der Waals surface area (Å²) in [6.07, 6.45) is 0.345. The summed E-state index contributed by atoms with van der Waals surface area (Å²) in [5.74, 6) is 2.00. The van der Waals surface area contributed by atoms with Crippen molar-refractivity contribution in [3.63, 3.8) is 0 Å². The number of carbonyl (C=O) groups excluding carboxylic acids is 1. The van der Waals surface area contributed by atoms with E-state index in [4.69, 9.17) is 13.9 Å². The lowest BCUT2D eigenvalue weighted by molar-refractivity contribution is -0.129. The zero-order valence-electron chi connectivity index (χ0n) is 17.9. The van der Waals surface area contributed by atoms with E-state index in [9.17, 15) is 4.79 Å². The molecule has 2 heterocycles. The smallest absolute Gasteiger partial charge is 0.247 e. The molecule has 0 N–H and O–H groups in total. The largest absolute Gasteiger partial charge is 0.494 e. The molecule has 4 rings (SSSR count). The monoisotopic (exact) mass is 421 g/mol. The molecule has 31 heavy (non-hydrogen) atoms. The highest BCUT2D eigenvalue weighted by atomic mass is 16.5. The van der Waals surface area contributed by atoms with Crippen molar-refractivity contribution >= 4 is 5.91 Å². The summed E-state index contributed by atoms with van der Waals surface area (Å²) in [6, 6.07) is 17.4. The number of likely N-dealkylation sites (tertiary alicyclic amines) is 1. The van der Waals surface area contributed by atoms with Crippen LogP contribution in [-0.4, -0.2) is 54.4 Å². The lowest BCUT2D eigenvalue weighted by Gasteiger charge is -2.16. The Labute approximate surface area is 182 Å². The van der Waals surface area contributed by atoms with E-state index in [1.54, 1.807) is 7.11 Å². The van der Waals surface area contributed by atoms with E-state index in [0.29, 0.717) is 44.5 Å². The molecule has 1 aliphatic rings. The second-order valence-electron chi connectivity index (χ2n) is 7.69. The quantitative estimate of drug-likeness (QED) is 0.553. The first-order valence-corrected chi connectivity index (χ1v) is 10.5.